The number of hydrogen-bond acceptors (Lipinski definition) is 3. The molecule has 0 spiro atoms. The number of imidazole rings is 1. The molecule has 148 valence electrons. The molecular formula is C19H22IN5O3. The second-order valence-corrected chi connectivity index (χ2v) is 8.16. The summed E-state index contributed by atoms with van der Waals surface area (Å²) >= 11 is 2.21. The van der Waals surface area contributed by atoms with E-state index in [0.29, 0.717) is 32.6 Å². The van der Waals surface area contributed by atoms with Gasteiger partial charge >= 0.3 is 12.1 Å². The van der Waals surface area contributed by atoms with E-state index in [1.807, 2.05) is 30.3 Å². The summed E-state index contributed by atoms with van der Waals surface area (Å²) in [5, 5.41) is 12.2. The molecule has 8 nitrogen and oxygen atoms in total. The van der Waals surface area contributed by atoms with Gasteiger partial charge in [-0.25, -0.2) is 14.6 Å². The molecule has 1 fully saturated rings. The number of rotatable bonds is 3. The number of carbonyl (C=O) groups excluding carboxylic acids is 1. The topological polar surface area (TPSA) is 90.7 Å². The fourth-order valence-electron chi connectivity index (χ4n) is 4.10. The van der Waals surface area contributed by atoms with E-state index in [2.05, 4.69) is 32.5 Å². The van der Waals surface area contributed by atoms with Crippen LogP contribution in [-0.2, 0) is 19.5 Å². The van der Waals surface area contributed by atoms with E-state index >= 15 is 0 Å². The first-order valence-corrected chi connectivity index (χ1v) is 10.3. The number of urea groups is 1. The van der Waals surface area contributed by atoms with Crippen LogP contribution in [0, 0.1) is 3.70 Å². The molecule has 2 unspecified atom stereocenters. The molecule has 1 aromatic heterocycles. The molecule has 1 aromatic carbocycles. The number of benzene rings is 1. The zero-order valence-electron chi connectivity index (χ0n) is 15.5. The van der Waals surface area contributed by atoms with Crippen molar-refractivity contribution in [2.75, 3.05) is 20.1 Å². The lowest BCUT2D eigenvalue weighted by Crippen LogP contribution is -2.58. The highest BCUT2D eigenvalue weighted by atomic mass is 127. The number of nitrogens with one attached hydrogen (secondary N) is 1. The average molecular weight is 495 g/mol. The number of carbonyl (C=O) groups is 2. The highest BCUT2D eigenvalue weighted by Gasteiger charge is 2.46. The third-order valence-electron chi connectivity index (χ3n) is 5.61. The molecule has 1 saturated heterocycles. The van der Waals surface area contributed by atoms with E-state index in [0.717, 1.165) is 20.8 Å². The first-order chi connectivity index (χ1) is 13.5. The fraction of sp³-hybridized carbons (Fsp3) is 0.421. The van der Waals surface area contributed by atoms with Gasteiger partial charge in [0, 0.05) is 26.7 Å². The number of likely N-dealkylation sites (tertiary alicyclic amines) is 1. The number of nitrogens with zero attached hydrogens (tertiary/aromatic N) is 4. The lowest BCUT2D eigenvalue weighted by molar-refractivity contribution is 0.0513. The lowest BCUT2D eigenvalue weighted by atomic mass is 9.83. The Hall–Kier alpha value is -2.30. The summed E-state index contributed by atoms with van der Waals surface area (Å²) in [5.41, 5.74) is 2.15. The van der Waals surface area contributed by atoms with Crippen molar-refractivity contribution in [1.82, 2.24) is 24.7 Å². The van der Waals surface area contributed by atoms with Crippen molar-refractivity contribution in [2.24, 2.45) is 0 Å². The van der Waals surface area contributed by atoms with Crippen molar-refractivity contribution in [3.63, 3.8) is 0 Å². The summed E-state index contributed by atoms with van der Waals surface area (Å²) < 4.78 is 3.07. The van der Waals surface area contributed by atoms with Gasteiger partial charge in [0.1, 0.15) is 9.53 Å². The van der Waals surface area contributed by atoms with Crippen LogP contribution in [0.3, 0.4) is 0 Å². The van der Waals surface area contributed by atoms with Crippen molar-refractivity contribution >= 4 is 34.7 Å². The zero-order chi connectivity index (χ0) is 19.8. The van der Waals surface area contributed by atoms with Crippen LogP contribution in [-0.4, -0.2) is 62.8 Å². The second-order valence-electron chi connectivity index (χ2n) is 7.13. The van der Waals surface area contributed by atoms with Crippen molar-refractivity contribution in [3.05, 3.63) is 51.1 Å². The van der Waals surface area contributed by atoms with E-state index in [9.17, 15) is 14.7 Å². The lowest BCUT2D eigenvalue weighted by Gasteiger charge is -2.46. The minimum absolute atomic E-state index is 0.0603. The zero-order valence-corrected chi connectivity index (χ0v) is 17.7. The standard InChI is InChI=1S/C19H22IN5O3/c1-21-18(26)23-7-8-24-15(11-23)16(20)22-17(24)13-10-25(19(27)28)14(13)9-12-5-3-2-4-6-12/h2-6,13-14H,7-11H2,1H3,(H,21,26)(H,27,28). The van der Waals surface area contributed by atoms with Gasteiger partial charge in [-0.1, -0.05) is 30.3 Å². The molecule has 0 saturated carbocycles. The third kappa shape index (κ3) is 3.31. The Bertz CT molecular complexity index is 900. The van der Waals surface area contributed by atoms with E-state index in [1.54, 1.807) is 11.9 Å². The fourth-order valence-corrected chi connectivity index (χ4v) is 4.81. The van der Waals surface area contributed by atoms with E-state index in [1.165, 1.54) is 4.90 Å². The van der Waals surface area contributed by atoms with Gasteiger partial charge in [0.25, 0.3) is 0 Å². The maximum atomic E-state index is 12.0. The Morgan fingerprint density at radius 3 is 2.71 bits per heavy atom. The first-order valence-electron chi connectivity index (χ1n) is 9.24. The molecule has 4 rings (SSSR count). The number of halogens is 1. The Balaban J connectivity index is 1.60. The Morgan fingerprint density at radius 2 is 2.04 bits per heavy atom. The Labute approximate surface area is 176 Å². The molecule has 28 heavy (non-hydrogen) atoms. The largest absolute Gasteiger partial charge is 0.465 e. The molecule has 0 radical (unpaired) electrons. The van der Waals surface area contributed by atoms with E-state index in [-0.39, 0.29) is 18.0 Å². The molecule has 0 bridgehead atoms. The summed E-state index contributed by atoms with van der Waals surface area (Å²) in [6, 6.07) is 9.75. The number of fused-ring (bicyclic) bond motifs is 1. The molecule has 0 aliphatic carbocycles. The predicted molar refractivity (Wildman–Crippen MR) is 111 cm³/mol. The molecule has 3 heterocycles. The Morgan fingerprint density at radius 1 is 1.29 bits per heavy atom. The summed E-state index contributed by atoms with van der Waals surface area (Å²) in [6.07, 6.45) is -0.218. The third-order valence-corrected chi connectivity index (χ3v) is 6.48. The van der Waals surface area contributed by atoms with Gasteiger partial charge in [0.05, 0.1) is 24.2 Å². The monoisotopic (exact) mass is 495 g/mol. The first kappa shape index (κ1) is 19.0. The molecule has 2 N–H and O–H groups in total. The summed E-state index contributed by atoms with van der Waals surface area (Å²) in [4.78, 5) is 31.7. The van der Waals surface area contributed by atoms with Crippen LogP contribution in [0.4, 0.5) is 9.59 Å². The predicted octanol–water partition coefficient (Wildman–Crippen LogP) is 2.33. The van der Waals surface area contributed by atoms with Crippen molar-refractivity contribution in [1.29, 1.82) is 0 Å². The van der Waals surface area contributed by atoms with Crippen molar-refractivity contribution < 1.29 is 14.7 Å². The molecule has 3 amide bonds. The number of carboxylic acid groups (broad SMARTS) is 1. The maximum absolute atomic E-state index is 12.0. The van der Waals surface area contributed by atoms with Crippen LogP contribution < -0.4 is 5.32 Å². The van der Waals surface area contributed by atoms with Gasteiger partial charge in [-0.05, 0) is 34.6 Å². The highest BCUT2D eigenvalue weighted by Crippen LogP contribution is 2.37. The second kappa shape index (κ2) is 7.61. The van der Waals surface area contributed by atoms with Crippen LogP contribution in [0.5, 0.6) is 0 Å². The normalized spacial score (nSPS) is 21.1. The molecule has 2 aliphatic heterocycles. The smallest absolute Gasteiger partial charge is 0.407 e. The summed E-state index contributed by atoms with van der Waals surface area (Å²) in [7, 11) is 1.63. The van der Waals surface area contributed by atoms with E-state index < -0.39 is 6.09 Å². The van der Waals surface area contributed by atoms with Crippen LogP contribution in [0.25, 0.3) is 0 Å². The quantitative estimate of drug-likeness (QED) is 0.640. The van der Waals surface area contributed by atoms with Gasteiger partial charge in [0.2, 0.25) is 0 Å². The van der Waals surface area contributed by atoms with Gasteiger partial charge < -0.3 is 24.8 Å². The van der Waals surface area contributed by atoms with Crippen LogP contribution >= 0.6 is 22.6 Å². The molecule has 2 atom stereocenters. The minimum atomic E-state index is -0.886. The summed E-state index contributed by atoms with van der Waals surface area (Å²) in [5.74, 6) is 1.000. The van der Waals surface area contributed by atoms with Gasteiger partial charge in [-0.3, -0.25) is 0 Å². The number of amides is 3. The van der Waals surface area contributed by atoms with Crippen LogP contribution in [0.15, 0.2) is 30.3 Å². The maximum Gasteiger partial charge on any atom is 0.407 e. The number of hydrogen-bond donors (Lipinski definition) is 2. The van der Waals surface area contributed by atoms with Crippen molar-refractivity contribution in [2.45, 2.75) is 31.5 Å². The van der Waals surface area contributed by atoms with Gasteiger partial charge in [0.15, 0.2) is 0 Å². The highest BCUT2D eigenvalue weighted by molar-refractivity contribution is 14.1. The minimum Gasteiger partial charge on any atom is -0.465 e. The van der Waals surface area contributed by atoms with Crippen LogP contribution in [0.2, 0.25) is 0 Å². The average Bonchev–Trinajstić information content (AvgIpc) is 3.01. The van der Waals surface area contributed by atoms with Crippen LogP contribution in [0.1, 0.15) is 23.0 Å². The van der Waals surface area contributed by atoms with Gasteiger partial charge in [-0.2, -0.15) is 0 Å². The molecule has 2 aromatic rings. The van der Waals surface area contributed by atoms with Crippen molar-refractivity contribution in [3.8, 4) is 0 Å². The molecular weight excluding hydrogens is 473 g/mol. The van der Waals surface area contributed by atoms with E-state index in [4.69, 9.17) is 4.98 Å². The van der Waals surface area contributed by atoms with Gasteiger partial charge in [-0.15, -0.1) is 0 Å². The summed E-state index contributed by atoms with van der Waals surface area (Å²) in [6.45, 7) is 2.27. The molecule has 9 heteroatoms. The molecule has 2 aliphatic rings. The number of aromatic nitrogens is 2. The Kier molecular flexibility index (Phi) is 5.17. The SMILES string of the molecule is CNC(=O)N1CCn2c(C3CN(C(=O)O)C3Cc3ccccc3)nc(I)c2C1.